The zero-order chi connectivity index (χ0) is 11.9. The molecule has 4 heteroatoms. The number of nitrogens with two attached hydrogens (primary N) is 1. The molecule has 2 fully saturated rings. The minimum Gasteiger partial charge on any atom is -0.334 e. The van der Waals surface area contributed by atoms with Crippen LogP contribution in [-0.4, -0.2) is 23.4 Å². The maximum atomic E-state index is 12.5. The van der Waals surface area contributed by atoms with E-state index in [1.54, 1.807) is 11.3 Å². The molecule has 0 unspecified atom stereocenters. The lowest BCUT2D eigenvalue weighted by atomic mass is 10.1. The number of carbonyl (C=O) groups excluding carboxylic acids is 1. The van der Waals surface area contributed by atoms with Crippen molar-refractivity contribution >= 4 is 17.2 Å². The Morgan fingerprint density at radius 3 is 2.76 bits per heavy atom. The van der Waals surface area contributed by atoms with Crippen LogP contribution in [-0.2, 0) is 11.3 Å². The molecule has 0 spiro atoms. The summed E-state index contributed by atoms with van der Waals surface area (Å²) >= 11 is 1.73. The van der Waals surface area contributed by atoms with Crippen molar-refractivity contribution in [1.82, 2.24) is 4.90 Å². The van der Waals surface area contributed by atoms with E-state index in [0.717, 1.165) is 32.2 Å². The Balaban J connectivity index is 1.74. The lowest BCUT2D eigenvalue weighted by Crippen LogP contribution is -2.41. The zero-order valence-corrected chi connectivity index (χ0v) is 10.7. The van der Waals surface area contributed by atoms with Gasteiger partial charge in [0.25, 0.3) is 0 Å². The van der Waals surface area contributed by atoms with Crippen LogP contribution in [0.5, 0.6) is 0 Å². The lowest BCUT2D eigenvalue weighted by molar-refractivity contribution is -0.137. The highest BCUT2D eigenvalue weighted by Gasteiger charge is 2.52. The molecule has 1 amide bonds. The topological polar surface area (TPSA) is 46.3 Å². The smallest absolute Gasteiger partial charge is 0.230 e. The second-order valence-corrected chi connectivity index (χ2v) is 6.26. The van der Waals surface area contributed by atoms with E-state index in [1.807, 2.05) is 6.07 Å². The first kappa shape index (κ1) is 11.2. The van der Waals surface area contributed by atoms with Gasteiger partial charge in [-0.2, -0.15) is 0 Å². The maximum absolute atomic E-state index is 12.5. The minimum absolute atomic E-state index is 0.195. The van der Waals surface area contributed by atoms with Crippen molar-refractivity contribution in [1.29, 1.82) is 0 Å². The van der Waals surface area contributed by atoms with Gasteiger partial charge in [-0.15, -0.1) is 11.3 Å². The SMILES string of the molecule is NCC1(C(=O)N(Cc2cccs2)C2CC2)CC1. The zero-order valence-electron chi connectivity index (χ0n) is 9.89. The molecule has 1 heterocycles. The quantitative estimate of drug-likeness (QED) is 0.868. The number of thiophene rings is 1. The van der Waals surface area contributed by atoms with Gasteiger partial charge in [0.15, 0.2) is 0 Å². The highest BCUT2D eigenvalue weighted by molar-refractivity contribution is 7.09. The molecule has 17 heavy (non-hydrogen) atoms. The number of rotatable bonds is 5. The van der Waals surface area contributed by atoms with Gasteiger partial charge in [0, 0.05) is 17.5 Å². The van der Waals surface area contributed by atoms with Crippen LogP contribution in [0.3, 0.4) is 0 Å². The Kier molecular flexibility index (Phi) is 2.71. The van der Waals surface area contributed by atoms with Crippen LogP contribution in [0, 0.1) is 5.41 Å². The third-order valence-electron chi connectivity index (χ3n) is 3.85. The first-order chi connectivity index (χ1) is 8.25. The van der Waals surface area contributed by atoms with Crippen LogP contribution in [0.1, 0.15) is 30.6 Å². The van der Waals surface area contributed by atoms with Gasteiger partial charge < -0.3 is 10.6 Å². The van der Waals surface area contributed by atoms with Crippen molar-refractivity contribution in [2.45, 2.75) is 38.3 Å². The summed E-state index contributed by atoms with van der Waals surface area (Å²) in [6.45, 7) is 1.29. The summed E-state index contributed by atoms with van der Waals surface area (Å²) in [6.07, 6.45) is 4.29. The molecule has 92 valence electrons. The van der Waals surface area contributed by atoms with Crippen molar-refractivity contribution in [3.63, 3.8) is 0 Å². The summed E-state index contributed by atoms with van der Waals surface area (Å²) in [5.74, 6) is 0.302. The van der Waals surface area contributed by atoms with Gasteiger partial charge in [0.05, 0.1) is 12.0 Å². The maximum Gasteiger partial charge on any atom is 0.230 e. The van der Waals surface area contributed by atoms with Crippen molar-refractivity contribution < 1.29 is 4.79 Å². The van der Waals surface area contributed by atoms with Crippen LogP contribution in [0.4, 0.5) is 0 Å². The van der Waals surface area contributed by atoms with Crippen molar-refractivity contribution in [2.75, 3.05) is 6.54 Å². The molecule has 3 rings (SSSR count). The molecule has 0 aromatic carbocycles. The number of amides is 1. The molecule has 2 aliphatic rings. The first-order valence-electron chi connectivity index (χ1n) is 6.29. The number of carbonyl (C=O) groups is 1. The van der Waals surface area contributed by atoms with Crippen LogP contribution < -0.4 is 5.73 Å². The predicted molar refractivity (Wildman–Crippen MR) is 68.6 cm³/mol. The number of hydrogen-bond donors (Lipinski definition) is 1. The Bertz CT molecular complexity index is 407. The van der Waals surface area contributed by atoms with Gasteiger partial charge in [0.2, 0.25) is 5.91 Å². The highest BCUT2D eigenvalue weighted by Crippen LogP contribution is 2.48. The van der Waals surface area contributed by atoms with E-state index in [0.29, 0.717) is 18.5 Å². The van der Waals surface area contributed by atoms with Gasteiger partial charge in [-0.25, -0.2) is 0 Å². The van der Waals surface area contributed by atoms with Gasteiger partial charge in [-0.1, -0.05) is 6.07 Å². The standard InChI is InChI=1S/C13H18N2OS/c14-9-13(5-6-13)12(16)15(10-3-4-10)8-11-2-1-7-17-11/h1-2,7,10H,3-6,8-9,14H2. The fourth-order valence-corrected chi connectivity index (χ4v) is 2.99. The van der Waals surface area contributed by atoms with Gasteiger partial charge >= 0.3 is 0 Å². The minimum atomic E-state index is -0.195. The Morgan fingerprint density at radius 1 is 1.53 bits per heavy atom. The average Bonchev–Trinajstić information content (AvgIpc) is 3.26. The molecule has 0 atom stereocenters. The summed E-state index contributed by atoms with van der Waals surface area (Å²) in [4.78, 5) is 15.9. The second kappa shape index (κ2) is 4.10. The molecule has 0 bridgehead atoms. The molecule has 2 aliphatic carbocycles. The van der Waals surface area contributed by atoms with Crippen molar-refractivity contribution in [3.05, 3.63) is 22.4 Å². The number of nitrogens with zero attached hydrogens (tertiary/aromatic N) is 1. The molecular formula is C13H18N2OS. The third-order valence-corrected chi connectivity index (χ3v) is 4.71. The molecule has 3 nitrogen and oxygen atoms in total. The summed E-state index contributed by atoms with van der Waals surface area (Å²) in [6, 6.07) is 4.63. The normalized spacial score (nSPS) is 21.2. The molecule has 2 saturated carbocycles. The molecular weight excluding hydrogens is 232 g/mol. The first-order valence-corrected chi connectivity index (χ1v) is 7.17. The van der Waals surface area contributed by atoms with Gasteiger partial charge in [-0.3, -0.25) is 4.79 Å². The molecule has 0 radical (unpaired) electrons. The molecule has 1 aromatic rings. The van der Waals surface area contributed by atoms with Crippen molar-refractivity contribution in [2.24, 2.45) is 11.1 Å². The molecule has 1 aromatic heterocycles. The Labute approximate surface area is 106 Å². The van der Waals surface area contributed by atoms with E-state index in [-0.39, 0.29) is 5.41 Å². The van der Waals surface area contributed by atoms with Crippen LogP contribution >= 0.6 is 11.3 Å². The fraction of sp³-hybridized carbons (Fsp3) is 0.615. The monoisotopic (exact) mass is 250 g/mol. The van der Waals surface area contributed by atoms with E-state index in [9.17, 15) is 4.79 Å². The summed E-state index contributed by atoms with van der Waals surface area (Å²) in [5.41, 5.74) is 5.56. The highest BCUT2D eigenvalue weighted by atomic mass is 32.1. The average molecular weight is 250 g/mol. The largest absolute Gasteiger partial charge is 0.334 e. The van der Waals surface area contributed by atoms with E-state index < -0.39 is 0 Å². The fourth-order valence-electron chi connectivity index (χ4n) is 2.28. The van der Waals surface area contributed by atoms with Gasteiger partial charge in [0.1, 0.15) is 0 Å². The van der Waals surface area contributed by atoms with E-state index in [2.05, 4.69) is 16.3 Å². The Morgan fingerprint density at radius 2 is 2.29 bits per heavy atom. The Hall–Kier alpha value is -0.870. The summed E-state index contributed by atoms with van der Waals surface area (Å²) in [7, 11) is 0. The molecule has 2 N–H and O–H groups in total. The summed E-state index contributed by atoms with van der Waals surface area (Å²) in [5, 5.41) is 2.07. The number of hydrogen-bond acceptors (Lipinski definition) is 3. The predicted octanol–water partition coefficient (Wildman–Crippen LogP) is 1.98. The van der Waals surface area contributed by atoms with E-state index >= 15 is 0 Å². The van der Waals surface area contributed by atoms with Crippen LogP contribution in [0.15, 0.2) is 17.5 Å². The third kappa shape index (κ3) is 2.11. The second-order valence-electron chi connectivity index (χ2n) is 5.23. The lowest BCUT2D eigenvalue weighted by Gasteiger charge is -2.26. The van der Waals surface area contributed by atoms with Crippen LogP contribution in [0.2, 0.25) is 0 Å². The molecule has 0 aliphatic heterocycles. The van der Waals surface area contributed by atoms with Gasteiger partial charge in [-0.05, 0) is 37.1 Å². The van der Waals surface area contributed by atoms with E-state index in [1.165, 1.54) is 4.88 Å². The van der Waals surface area contributed by atoms with E-state index in [4.69, 9.17) is 5.73 Å². The van der Waals surface area contributed by atoms with Crippen LogP contribution in [0.25, 0.3) is 0 Å². The van der Waals surface area contributed by atoms with Crippen molar-refractivity contribution in [3.8, 4) is 0 Å². The molecule has 0 saturated heterocycles. The summed E-state index contributed by atoms with van der Waals surface area (Å²) < 4.78 is 0.